The van der Waals surface area contributed by atoms with Gasteiger partial charge in [-0.15, -0.1) is 0 Å². The maximum atomic E-state index is 14.3. The molecule has 0 aliphatic carbocycles. The Balaban J connectivity index is 1.13. The second-order valence-electron chi connectivity index (χ2n) is 27.0. The van der Waals surface area contributed by atoms with E-state index < -0.39 is 0 Å². The van der Waals surface area contributed by atoms with Crippen molar-refractivity contribution in [3.05, 3.63) is 240 Å². The zero-order valence-electron chi connectivity index (χ0n) is 49.3. The molecular formula is C78H70F2N2. The summed E-state index contributed by atoms with van der Waals surface area (Å²) in [6.07, 6.45) is 0. The Bertz CT molecular complexity index is 4230. The number of benzene rings is 11. The zero-order chi connectivity index (χ0) is 57.4. The van der Waals surface area contributed by atoms with Gasteiger partial charge in [-0.25, -0.2) is 8.78 Å². The third-order valence-corrected chi connectivity index (χ3v) is 17.3. The van der Waals surface area contributed by atoms with Crippen molar-refractivity contribution in [1.82, 2.24) is 9.13 Å². The molecule has 0 aliphatic rings. The number of fused-ring (bicyclic) bond motifs is 8. The van der Waals surface area contributed by atoms with Crippen LogP contribution in [0, 0.1) is 11.6 Å². The van der Waals surface area contributed by atoms with Gasteiger partial charge in [0.15, 0.2) is 0 Å². The van der Waals surface area contributed by atoms with Crippen LogP contribution in [0.5, 0.6) is 0 Å². The molecule has 0 atom stereocenters. The fourth-order valence-electron chi connectivity index (χ4n) is 12.5. The van der Waals surface area contributed by atoms with E-state index in [1.54, 1.807) is 0 Å². The average Bonchev–Trinajstić information content (AvgIpc) is 2.10. The quantitative estimate of drug-likeness (QED) is 0.147. The fraction of sp³-hybridized carbons (Fsp3) is 0.205. The van der Waals surface area contributed by atoms with Crippen molar-refractivity contribution in [3.8, 4) is 55.9 Å². The highest BCUT2D eigenvalue weighted by Crippen LogP contribution is 2.48. The molecule has 0 spiro atoms. The summed E-state index contributed by atoms with van der Waals surface area (Å²) in [6, 6.07) is 73.5. The van der Waals surface area contributed by atoms with E-state index in [2.05, 4.69) is 250 Å². The largest absolute Gasteiger partial charge is 0.309 e. The molecule has 2 aromatic heterocycles. The number of hydrogen-bond acceptors (Lipinski definition) is 0. The maximum absolute atomic E-state index is 14.3. The Morgan fingerprint density at radius 3 is 0.732 bits per heavy atom. The fourth-order valence-corrected chi connectivity index (χ4v) is 12.5. The summed E-state index contributed by atoms with van der Waals surface area (Å²) in [4.78, 5) is 0. The minimum Gasteiger partial charge on any atom is -0.309 e. The number of nitrogens with zero attached hydrogens (tertiary/aromatic N) is 2. The normalized spacial score (nSPS) is 12.8. The maximum Gasteiger partial charge on any atom is 0.123 e. The van der Waals surface area contributed by atoms with Crippen LogP contribution in [-0.2, 0) is 21.7 Å². The van der Waals surface area contributed by atoms with Crippen LogP contribution in [0.25, 0.3) is 121 Å². The molecule has 0 fully saturated rings. The molecular weight excluding hydrogens is 1000 g/mol. The molecule has 0 unspecified atom stereocenters. The molecule has 0 aliphatic heterocycles. The Labute approximate surface area is 481 Å². The summed E-state index contributed by atoms with van der Waals surface area (Å²) < 4.78 is 33.5. The second kappa shape index (κ2) is 19.0. The SMILES string of the molecule is CC(C)(C)c1ccc2c(c1)c1cc(C(C)(C)C)ccc1n2-c1ccc2c(-c3ccc(-c4ccc(F)cc4)cc3)c3cc(-n4c5ccc(C(C)(C)C)cc5c5cc(C(C)(C)C)ccc54)ccc3c(-c3ccc(-c4ccc(F)cc4)cc3)c2c1. The molecule has 11 aromatic carbocycles. The summed E-state index contributed by atoms with van der Waals surface area (Å²) in [7, 11) is 0. The van der Waals surface area contributed by atoms with Gasteiger partial charge in [0.2, 0.25) is 0 Å². The van der Waals surface area contributed by atoms with Crippen molar-refractivity contribution in [1.29, 1.82) is 0 Å². The minimum atomic E-state index is -0.253. The molecule has 406 valence electrons. The lowest BCUT2D eigenvalue weighted by Crippen LogP contribution is -2.10. The number of rotatable bonds is 6. The molecule has 13 aromatic rings. The first-order valence-corrected chi connectivity index (χ1v) is 28.9. The van der Waals surface area contributed by atoms with Crippen molar-refractivity contribution in [3.63, 3.8) is 0 Å². The molecule has 4 heteroatoms. The molecule has 0 saturated carbocycles. The van der Waals surface area contributed by atoms with E-state index in [0.717, 1.165) is 99.5 Å². The van der Waals surface area contributed by atoms with Crippen LogP contribution in [0.2, 0.25) is 0 Å². The first kappa shape index (κ1) is 52.8. The van der Waals surface area contributed by atoms with Crippen molar-refractivity contribution in [2.45, 2.75) is 105 Å². The summed E-state index contributed by atoms with van der Waals surface area (Å²) in [6.45, 7) is 27.5. The number of halogens is 2. The van der Waals surface area contributed by atoms with E-state index in [-0.39, 0.29) is 33.3 Å². The van der Waals surface area contributed by atoms with Gasteiger partial charge in [0.05, 0.1) is 22.1 Å². The lowest BCUT2D eigenvalue weighted by atomic mass is 9.85. The summed E-state index contributed by atoms with van der Waals surface area (Å²) in [5, 5.41) is 9.47. The Kier molecular flexibility index (Phi) is 12.2. The third kappa shape index (κ3) is 9.08. The lowest BCUT2D eigenvalue weighted by molar-refractivity contribution is 0.590. The third-order valence-electron chi connectivity index (χ3n) is 17.3. The highest BCUT2D eigenvalue weighted by molar-refractivity contribution is 6.23. The van der Waals surface area contributed by atoms with Gasteiger partial charge in [0, 0.05) is 32.9 Å². The number of hydrogen-bond donors (Lipinski definition) is 0. The predicted octanol–water partition coefficient (Wildman–Crippen LogP) is 22.3. The van der Waals surface area contributed by atoms with Gasteiger partial charge < -0.3 is 9.13 Å². The van der Waals surface area contributed by atoms with Gasteiger partial charge >= 0.3 is 0 Å². The Hall–Kier alpha value is -8.60. The first-order chi connectivity index (χ1) is 39.0. The van der Waals surface area contributed by atoms with Crippen molar-refractivity contribution >= 4 is 65.2 Å². The van der Waals surface area contributed by atoms with E-state index >= 15 is 0 Å². The van der Waals surface area contributed by atoms with Crippen LogP contribution in [0.3, 0.4) is 0 Å². The van der Waals surface area contributed by atoms with Gasteiger partial charge in [-0.3, -0.25) is 0 Å². The van der Waals surface area contributed by atoms with Crippen LogP contribution in [-0.4, -0.2) is 9.13 Å². The van der Waals surface area contributed by atoms with Gasteiger partial charge in [-0.2, -0.15) is 0 Å². The van der Waals surface area contributed by atoms with Crippen LogP contribution in [0.4, 0.5) is 8.78 Å². The predicted molar refractivity (Wildman–Crippen MR) is 347 cm³/mol. The Morgan fingerprint density at radius 2 is 0.476 bits per heavy atom. The van der Waals surface area contributed by atoms with Crippen molar-refractivity contribution in [2.24, 2.45) is 0 Å². The molecule has 2 nitrogen and oxygen atoms in total. The minimum absolute atomic E-state index is 0.0317. The van der Waals surface area contributed by atoms with Gasteiger partial charge in [-0.1, -0.05) is 192 Å². The van der Waals surface area contributed by atoms with E-state index in [1.165, 1.54) is 68.1 Å². The van der Waals surface area contributed by atoms with Gasteiger partial charge in [0.25, 0.3) is 0 Å². The average molecular weight is 1070 g/mol. The summed E-state index contributed by atoms with van der Waals surface area (Å²) in [5.41, 5.74) is 20.3. The van der Waals surface area contributed by atoms with Crippen LogP contribution >= 0.6 is 0 Å². The van der Waals surface area contributed by atoms with Crippen molar-refractivity contribution in [2.75, 3.05) is 0 Å². The molecule has 2 heterocycles. The lowest BCUT2D eigenvalue weighted by Gasteiger charge is -2.21. The molecule has 0 saturated heterocycles. The molecule has 0 radical (unpaired) electrons. The number of aromatic nitrogens is 2. The van der Waals surface area contributed by atoms with Crippen molar-refractivity contribution < 1.29 is 8.78 Å². The van der Waals surface area contributed by atoms with Gasteiger partial charge in [0.1, 0.15) is 11.6 Å². The zero-order valence-corrected chi connectivity index (χ0v) is 49.3. The smallest absolute Gasteiger partial charge is 0.123 e. The topological polar surface area (TPSA) is 9.86 Å². The Morgan fingerprint density at radius 1 is 0.232 bits per heavy atom. The van der Waals surface area contributed by atoms with E-state index in [1.807, 2.05) is 24.3 Å². The molecule has 13 rings (SSSR count). The van der Waals surface area contributed by atoms with E-state index in [4.69, 9.17) is 0 Å². The molecule has 0 N–H and O–H groups in total. The van der Waals surface area contributed by atoms with E-state index in [0.29, 0.717) is 0 Å². The highest BCUT2D eigenvalue weighted by Gasteiger charge is 2.26. The summed E-state index contributed by atoms with van der Waals surface area (Å²) in [5.74, 6) is -0.507. The van der Waals surface area contributed by atoms with Crippen LogP contribution < -0.4 is 0 Å². The van der Waals surface area contributed by atoms with Crippen LogP contribution in [0.1, 0.15) is 105 Å². The second-order valence-corrected chi connectivity index (χ2v) is 27.0. The van der Waals surface area contributed by atoms with Crippen LogP contribution in [0.15, 0.2) is 206 Å². The highest BCUT2D eigenvalue weighted by atomic mass is 19.1. The monoisotopic (exact) mass is 1070 g/mol. The summed E-state index contributed by atoms with van der Waals surface area (Å²) >= 11 is 0. The standard InChI is InChI=1S/C78H70F2N2/c1-75(2,3)53-25-37-69-63(41-53)64-42-54(76(4,5)6)26-38-70(64)81(69)59-33-35-61-67(45-59)73(51-17-13-47(14-18-51)49-21-29-57(79)30-22-49)62-36-34-60(46-68(62)74(61)52-19-15-48(16-20-52)50-23-31-58(80)32-24-50)82-71-39-27-55(77(7,8)9)43-65(71)66-44-56(78(10,11)12)28-40-72(66)82/h13-46H,1-12H3. The first-order valence-electron chi connectivity index (χ1n) is 28.9. The molecule has 0 bridgehead atoms. The molecule has 82 heavy (non-hydrogen) atoms. The van der Waals surface area contributed by atoms with Gasteiger partial charge in [-0.05, 0) is 207 Å². The van der Waals surface area contributed by atoms with E-state index in [9.17, 15) is 8.78 Å². The molecule has 0 amide bonds.